The largest absolute Gasteiger partial charge is 0.497 e. The maximum absolute atomic E-state index is 12.9. The molecule has 2 aliphatic rings. The molecule has 0 N–H and O–H groups in total. The van der Waals surface area contributed by atoms with Gasteiger partial charge in [0, 0.05) is 31.6 Å². The average molecular weight is 335 g/mol. The number of hydrogen-bond donors (Lipinski definition) is 0. The third-order valence-corrected chi connectivity index (χ3v) is 4.90. The molecule has 1 aliphatic carbocycles. The van der Waals surface area contributed by atoms with Crippen molar-refractivity contribution in [2.75, 3.05) is 34.5 Å². The van der Waals surface area contributed by atoms with Gasteiger partial charge in [-0.3, -0.25) is 4.79 Å². The predicted molar refractivity (Wildman–Crippen MR) is 88.0 cm³/mol. The molecule has 6 nitrogen and oxygen atoms in total. The van der Waals surface area contributed by atoms with E-state index in [-0.39, 0.29) is 11.8 Å². The Hall–Kier alpha value is -1.79. The van der Waals surface area contributed by atoms with E-state index >= 15 is 0 Å². The molecule has 24 heavy (non-hydrogen) atoms. The Morgan fingerprint density at radius 2 is 2.04 bits per heavy atom. The van der Waals surface area contributed by atoms with Crippen molar-refractivity contribution >= 4 is 5.91 Å². The van der Waals surface area contributed by atoms with Crippen molar-refractivity contribution in [2.45, 2.75) is 31.6 Å². The van der Waals surface area contributed by atoms with E-state index in [1.165, 1.54) is 0 Å². The fourth-order valence-electron chi connectivity index (χ4n) is 3.66. The lowest BCUT2D eigenvalue weighted by Crippen LogP contribution is -2.44. The molecule has 3 rings (SSSR count). The molecule has 1 spiro atoms. The zero-order chi connectivity index (χ0) is 17.2. The first kappa shape index (κ1) is 17.0. The van der Waals surface area contributed by atoms with Crippen molar-refractivity contribution in [1.82, 2.24) is 4.90 Å². The van der Waals surface area contributed by atoms with E-state index < -0.39 is 5.79 Å². The predicted octanol–water partition coefficient (Wildman–Crippen LogP) is 2.21. The molecule has 1 aliphatic heterocycles. The van der Waals surface area contributed by atoms with E-state index in [0.717, 1.165) is 30.6 Å². The molecule has 1 amide bonds. The van der Waals surface area contributed by atoms with Gasteiger partial charge in [-0.05, 0) is 25.0 Å². The number of methoxy groups -OCH3 is 2. The normalized spacial score (nSPS) is 21.9. The fourth-order valence-corrected chi connectivity index (χ4v) is 3.66. The molecule has 0 radical (unpaired) electrons. The van der Waals surface area contributed by atoms with E-state index in [9.17, 15) is 4.79 Å². The van der Waals surface area contributed by atoms with Crippen molar-refractivity contribution in [3.8, 4) is 11.5 Å². The summed E-state index contributed by atoms with van der Waals surface area (Å²) in [6, 6.07) is 5.62. The van der Waals surface area contributed by atoms with Gasteiger partial charge in [-0.2, -0.15) is 0 Å². The van der Waals surface area contributed by atoms with Crippen molar-refractivity contribution in [3.63, 3.8) is 0 Å². The van der Waals surface area contributed by atoms with Crippen molar-refractivity contribution in [2.24, 2.45) is 5.92 Å². The smallest absolute Gasteiger partial charge is 0.231 e. The maximum atomic E-state index is 12.9. The summed E-state index contributed by atoms with van der Waals surface area (Å²) in [6.45, 7) is 1.61. The highest BCUT2D eigenvalue weighted by Gasteiger charge is 2.52. The molecule has 0 aromatic heterocycles. The molecule has 1 saturated carbocycles. The molecule has 1 aromatic carbocycles. The van der Waals surface area contributed by atoms with Crippen LogP contribution in [-0.2, 0) is 20.8 Å². The first-order chi connectivity index (χ1) is 11.6. The standard InChI is InChI=1S/C18H25NO5/c1-19(12-13-6-7-14(21-2)11-16(13)22-3)17(20)15-5-4-8-18(15)23-9-10-24-18/h6-7,11,15H,4-5,8-10,12H2,1-3H3/t15-/m0/s1. The van der Waals surface area contributed by atoms with Crippen LogP contribution in [-0.4, -0.2) is 51.1 Å². The van der Waals surface area contributed by atoms with Gasteiger partial charge in [0.1, 0.15) is 11.5 Å². The topological polar surface area (TPSA) is 57.2 Å². The number of carbonyl (C=O) groups excluding carboxylic acids is 1. The number of benzene rings is 1. The van der Waals surface area contributed by atoms with Crippen LogP contribution in [0.1, 0.15) is 24.8 Å². The van der Waals surface area contributed by atoms with Crippen LogP contribution in [0.15, 0.2) is 18.2 Å². The Morgan fingerprint density at radius 1 is 1.29 bits per heavy atom. The van der Waals surface area contributed by atoms with Crippen LogP contribution in [0, 0.1) is 5.92 Å². The third-order valence-electron chi connectivity index (χ3n) is 4.90. The highest BCUT2D eigenvalue weighted by Crippen LogP contribution is 2.43. The number of hydrogen-bond acceptors (Lipinski definition) is 5. The number of amides is 1. The summed E-state index contributed by atoms with van der Waals surface area (Å²) in [5.41, 5.74) is 0.939. The van der Waals surface area contributed by atoms with Crippen molar-refractivity contribution in [1.29, 1.82) is 0 Å². The Labute approximate surface area is 142 Å². The van der Waals surface area contributed by atoms with Crippen molar-refractivity contribution in [3.05, 3.63) is 23.8 Å². The van der Waals surface area contributed by atoms with E-state index in [0.29, 0.717) is 25.5 Å². The zero-order valence-electron chi connectivity index (χ0n) is 14.5. The minimum Gasteiger partial charge on any atom is -0.497 e. The van der Waals surface area contributed by atoms with Gasteiger partial charge in [0.05, 0.1) is 33.4 Å². The van der Waals surface area contributed by atoms with Gasteiger partial charge < -0.3 is 23.8 Å². The molecule has 1 saturated heterocycles. The first-order valence-electron chi connectivity index (χ1n) is 8.33. The van der Waals surface area contributed by atoms with E-state index in [1.54, 1.807) is 19.1 Å². The highest BCUT2D eigenvalue weighted by molar-refractivity contribution is 5.80. The minimum atomic E-state index is -0.699. The highest BCUT2D eigenvalue weighted by atomic mass is 16.7. The van der Waals surface area contributed by atoms with Gasteiger partial charge in [-0.15, -0.1) is 0 Å². The molecule has 1 aromatic rings. The molecule has 1 atom stereocenters. The summed E-state index contributed by atoms with van der Waals surface area (Å²) in [4.78, 5) is 14.7. The first-order valence-corrected chi connectivity index (χ1v) is 8.33. The molecule has 6 heteroatoms. The fraction of sp³-hybridized carbons (Fsp3) is 0.611. The van der Waals surface area contributed by atoms with Crippen LogP contribution in [0.3, 0.4) is 0 Å². The van der Waals surface area contributed by atoms with E-state index in [1.807, 2.05) is 25.2 Å². The summed E-state index contributed by atoms with van der Waals surface area (Å²) in [7, 11) is 5.05. The van der Waals surface area contributed by atoms with E-state index in [2.05, 4.69) is 0 Å². The Kier molecular flexibility index (Phi) is 4.96. The second-order valence-electron chi connectivity index (χ2n) is 6.33. The Bertz CT molecular complexity index is 592. The second kappa shape index (κ2) is 6.99. The number of carbonyl (C=O) groups is 1. The van der Waals surface area contributed by atoms with Gasteiger partial charge in [-0.25, -0.2) is 0 Å². The number of rotatable bonds is 5. The minimum absolute atomic E-state index is 0.0623. The number of ether oxygens (including phenoxy) is 4. The lowest BCUT2D eigenvalue weighted by Gasteiger charge is -2.31. The molecule has 1 heterocycles. The SMILES string of the molecule is COc1ccc(CN(C)C(=O)[C@@H]2CCCC23OCCO3)c(OC)c1. The molecule has 132 valence electrons. The van der Waals surface area contributed by atoms with Crippen LogP contribution in [0.4, 0.5) is 0 Å². The van der Waals surface area contributed by atoms with Gasteiger partial charge in [0.2, 0.25) is 5.91 Å². The molecule has 0 bridgehead atoms. The maximum Gasteiger partial charge on any atom is 0.231 e. The second-order valence-corrected chi connectivity index (χ2v) is 6.33. The lowest BCUT2D eigenvalue weighted by atomic mass is 10.00. The summed E-state index contributed by atoms with van der Waals surface area (Å²) < 4.78 is 22.2. The number of nitrogens with zero attached hydrogens (tertiary/aromatic N) is 1. The summed E-state index contributed by atoms with van der Waals surface area (Å²) >= 11 is 0. The summed E-state index contributed by atoms with van der Waals surface area (Å²) in [6.07, 6.45) is 2.56. The van der Waals surface area contributed by atoms with Gasteiger partial charge >= 0.3 is 0 Å². The molecular weight excluding hydrogens is 310 g/mol. The monoisotopic (exact) mass is 335 g/mol. The summed E-state index contributed by atoms with van der Waals surface area (Å²) in [5.74, 6) is 0.576. The van der Waals surface area contributed by atoms with Gasteiger partial charge in [0.15, 0.2) is 5.79 Å². The van der Waals surface area contributed by atoms with Crippen LogP contribution in [0.25, 0.3) is 0 Å². The van der Waals surface area contributed by atoms with E-state index in [4.69, 9.17) is 18.9 Å². The Morgan fingerprint density at radius 3 is 2.71 bits per heavy atom. The average Bonchev–Trinajstić information content (AvgIpc) is 3.24. The third kappa shape index (κ3) is 3.08. The van der Waals surface area contributed by atoms with Crippen LogP contribution >= 0.6 is 0 Å². The van der Waals surface area contributed by atoms with Gasteiger partial charge in [-0.1, -0.05) is 0 Å². The van der Waals surface area contributed by atoms with Crippen LogP contribution in [0.2, 0.25) is 0 Å². The van der Waals surface area contributed by atoms with Gasteiger partial charge in [0.25, 0.3) is 0 Å². The molecule has 2 fully saturated rings. The lowest BCUT2D eigenvalue weighted by molar-refractivity contribution is -0.191. The molecule has 0 unspecified atom stereocenters. The summed E-state index contributed by atoms with van der Waals surface area (Å²) in [5, 5.41) is 0. The van der Waals surface area contributed by atoms with Crippen molar-refractivity contribution < 1.29 is 23.7 Å². The van der Waals surface area contributed by atoms with Crippen LogP contribution in [0.5, 0.6) is 11.5 Å². The Balaban J connectivity index is 1.72. The quantitative estimate of drug-likeness (QED) is 0.826. The van der Waals surface area contributed by atoms with Crippen LogP contribution < -0.4 is 9.47 Å². The zero-order valence-corrected chi connectivity index (χ0v) is 14.5. The molecular formula is C18H25NO5.